The van der Waals surface area contributed by atoms with Crippen molar-refractivity contribution < 1.29 is 24.3 Å². The Balaban J connectivity index is 5.60. The fourth-order valence-corrected chi connectivity index (χ4v) is 3.63. The fourth-order valence-electron chi connectivity index (χ4n) is 3.16. The second kappa shape index (κ2) is 15.9. The molecule has 6 N–H and O–H groups in total. The van der Waals surface area contributed by atoms with Gasteiger partial charge in [-0.25, -0.2) is 4.79 Å². The Morgan fingerprint density at radius 3 is 1.61 bits per heavy atom. The summed E-state index contributed by atoms with van der Waals surface area (Å²) in [5.41, 5.74) is 6.04. The maximum absolute atomic E-state index is 13.2. The minimum absolute atomic E-state index is 0.0430. The average Bonchev–Trinajstić information content (AvgIpc) is 2.80. The van der Waals surface area contributed by atoms with Crippen molar-refractivity contribution in [2.45, 2.75) is 91.4 Å². The molecule has 0 aliphatic heterocycles. The van der Waals surface area contributed by atoms with E-state index in [0.717, 1.165) is 6.42 Å². The van der Waals surface area contributed by atoms with Crippen molar-refractivity contribution in [2.24, 2.45) is 23.5 Å². The molecule has 7 unspecified atom stereocenters. The summed E-state index contributed by atoms with van der Waals surface area (Å²) in [5.74, 6) is -2.43. The molecule has 10 heteroatoms. The molecule has 3 amide bonds. The van der Waals surface area contributed by atoms with Crippen LogP contribution in [0.5, 0.6) is 0 Å². The molecular weight excluding hydrogens is 444 g/mol. The van der Waals surface area contributed by atoms with E-state index in [2.05, 4.69) is 16.0 Å². The third-order valence-corrected chi connectivity index (χ3v) is 7.02. The number of nitrogens with two attached hydrogens (primary N) is 1. The first-order valence-electron chi connectivity index (χ1n) is 11.8. The number of nitrogens with one attached hydrogen (secondary N) is 3. The molecule has 9 nitrogen and oxygen atoms in total. The van der Waals surface area contributed by atoms with Gasteiger partial charge in [0.15, 0.2) is 0 Å². The Morgan fingerprint density at radius 2 is 1.21 bits per heavy atom. The molecule has 0 aromatic heterocycles. The van der Waals surface area contributed by atoms with Crippen LogP contribution in [0.4, 0.5) is 0 Å². The first-order chi connectivity index (χ1) is 15.4. The molecule has 7 atom stereocenters. The summed E-state index contributed by atoms with van der Waals surface area (Å²) in [4.78, 5) is 50.4. The summed E-state index contributed by atoms with van der Waals surface area (Å²) in [6, 6.07) is -3.56. The highest BCUT2D eigenvalue weighted by molar-refractivity contribution is 7.98. The van der Waals surface area contributed by atoms with Gasteiger partial charge >= 0.3 is 5.97 Å². The minimum atomic E-state index is -1.12. The minimum Gasteiger partial charge on any atom is -0.480 e. The van der Waals surface area contributed by atoms with E-state index in [1.807, 2.05) is 47.8 Å². The Bertz CT molecular complexity index is 648. The largest absolute Gasteiger partial charge is 0.480 e. The zero-order valence-corrected chi connectivity index (χ0v) is 22.0. The summed E-state index contributed by atoms with van der Waals surface area (Å²) < 4.78 is 0. The summed E-state index contributed by atoms with van der Waals surface area (Å²) in [7, 11) is 0. The SMILES string of the molecule is CCC(C)C(N)C(=O)NC(C(=O)NC(C(=O)NC(CCSC)C(=O)O)C(C)CC)C(C)CC. The van der Waals surface area contributed by atoms with Crippen molar-refractivity contribution in [3.05, 3.63) is 0 Å². The van der Waals surface area contributed by atoms with Crippen molar-refractivity contribution in [3.8, 4) is 0 Å². The van der Waals surface area contributed by atoms with Crippen LogP contribution in [0.2, 0.25) is 0 Å². The second-order valence-electron chi connectivity index (χ2n) is 8.84. The van der Waals surface area contributed by atoms with E-state index < -0.39 is 47.9 Å². The Morgan fingerprint density at radius 1 is 0.788 bits per heavy atom. The number of hydrogen-bond donors (Lipinski definition) is 5. The standard InChI is InChI=1S/C23H44N4O5S/c1-8-13(4)17(24)20(28)26-19(15(6)10-3)22(30)27-18(14(5)9-2)21(29)25-16(23(31)32)11-12-33-7/h13-19H,8-12,24H2,1-7H3,(H,25,29)(H,26,28)(H,27,30)(H,31,32). The third-order valence-electron chi connectivity index (χ3n) is 6.37. The number of thioether (sulfide) groups is 1. The van der Waals surface area contributed by atoms with Gasteiger partial charge in [-0.3, -0.25) is 14.4 Å². The molecular formula is C23H44N4O5S. The smallest absolute Gasteiger partial charge is 0.326 e. The van der Waals surface area contributed by atoms with Gasteiger partial charge < -0.3 is 26.8 Å². The van der Waals surface area contributed by atoms with Crippen LogP contribution < -0.4 is 21.7 Å². The fraction of sp³-hybridized carbons (Fsp3) is 0.826. The van der Waals surface area contributed by atoms with Crippen LogP contribution in [0.1, 0.15) is 67.2 Å². The molecule has 0 fully saturated rings. The molecule has 0 aliphatic rings. The zero-order chi connectivity index (χ0) is 25.7. The highest BCUT2D eigenvalue weighted by atomic mass is 32.2. The highest BCUT2D eigenvalue weighted by Gasteiger charge is 2.34. The topological polar surface area (TPSA) is 151 Å². The summed E-state index contributed by atoms with van der Waals surface area (Å²) in [6.07, 6.45) is 4.10. The van der Waals surface area contributed by atoms with E-state index in [1.54, 1.807) is 0 Å². The summed E-state index contributed by atoms with van der Waals surface area (Å²) in [5, 5.41) is 17.5. The number of aliphatic carboxylic acids is 1. The number of carbonyl (C=O) groups excluding carboxylic acids is 3. The summed E-state index contributed by atoms with van der Waals surface area (Å²) >= 11 is 1.49. The van der Waals surface area contributed by atoms with Gasteiger partial charge in [-0.05, 0) is 36.2 Å². The first-order valence-corrected chi connectivity index (χ1v) is 13.2. The van der Waals surface area contributed by atoms with Crippen LogP contribution in [0.15, 0.2) is 0 Å². The van der Waals surface area contributed by atoms with Crippen molar-refractivity contribution in [2.75, 3.05) is 12.0 Å². The maximum Gasteiger partial charge on any atom is 0.326 e. The molecule has 0 aromatic carbocycles. The molecule has 0 aromatic rings. The molecule has 0 bridgehead atoms. The van der Waals surface area contributed by atoms with E-state index in [9.17, 15) is 24.3 Å². The number of carboxylic acid groups (broad SMARTS) is 1. The first kappa shape index (κ1) is 31.2. The lowest BCUT2D eigenvalue weighted by molar-refractivity contribution is -0.142. The summed E-state index contributed by atoms with van der Waals surface area (Å²) in [6.45, 7) is 11.3. The van der Waals surface area contributed by atoms with E-state index in [-0.39, 0.29) is 24.2 Å². The molecule has 0 saturated carbocycles. The Hall–Kier alpha value is -1.81. The predicted molar refractivity (Wildman–Crippen MR) is 133 cm³/mol. The lowest BCUT2D eigenvalue weighted by Gasteiger charge is -2.30. The number of carbonyl (C=O) groups is 4. The van der Waals surface area contributed by atoms with Gasteiger partial charge in [0.1, 0.15) is 18.1 Å². The molecule has 0 rings (SSSR count). The van der Waals surface area contributed by atoms with E-state index in [1.165, 1.54) is 11.8 Å². The molecule has 33 heavy (non-hydrogen) atoms. The van der Waals surface area contributed by atoms with E-state index in [0.29, 0.717) is 18.6 Å². The Labute approximate surface area is 202 Å². The number of rotatable bonds is 16. The number of amides is 3. The van der Waals surface area contributed by atoms with Crippen LogP contribution in [0, 0.1) is 17.8 Å². The lowest BCUT2D eigenvalue weighted by Crippen LogP contribution is -2.60. The van der Waals surface area contributed by atoms with Crippen molar-refractivity contribution in [3.63, 3.8) is 0 Å². The molecule has 0 heterocycles. The van der Waals surface area contributed by atoms with Gasteiger partial charge in [-0.15, -0.1) is 0 Å². The van der Waals surface area contributed by atoms with Crippen LogP contribution in [-0.2, 0) is 19.2 Å². The van der Waals surface area contributed by atoms with Gasteiger partial charge in [0.2, 0.25) is 17.7 Å². The van der Waals surface area contributed by atoms with Gasteiger partial charge in [0.05, 0.1) is 6.04 Å². The van der Waals surface area contributed by atoms with E-state index in [4.69, 9.17) is 5.73 Å². The van der Waals surface area contributed by atoms with Gasteiger partial charge in [-0.2, -0.15) is 11.8 Å². The van der Waals surface area contributed by atoms with E-state index >= 15 is 0 Å². The molecule has 0 spiro atoms. The van der Waals surface area contributed by atoms with Gasteiger partial charge in [0.25, 0.3) is 0 Å². The van der Waals surface area contributed by atoms with Crippen molar-refractivity contribution in [1.82, 2.24) is 16.0 Å². The number of hydrogen-bond acceptors (Lipinski definition) is 6. The van der Waals surface area contributed by atoms with Crippen LogP contribution >= 0.6 is 11.8 Å². The monoisotopic (exact) mass is 488 g/mol. The quantitative estimate of drug-likeness (QED) is 0.222. The maximum atomic E-state index is 13.2. The normalized spacial score (nSPS) is 17.6. The second-order valence-corrected chi connectivity index (χ2v) is 9.82. The predicted octanol–water partition coefficient (Wildman–Crippen LogP) is 1.74. The Kier molecular flexibility index (Phi) is 15.1. The molecule has 0 saturated heterocycles. The zero-order valence-electron chi connectivity index (χ0n) is 21.1. The van der Waals surface area contributed by atoms with Crippen LogP contribution in [0.3, 0.4) is 0 Å². The van der Waals surface area contributed by atoms with Crippen LogP contribution in [0.25, 0.3) is 0 Å². The van der Waals surface area contributed by atoms with Gasteiger partial charge in [0, 0.05) is 0 Å². The average molecular weight is 489 g/mol. The third kappa shape index (κ3) is 10.3. The molecule has 192 valence electrons. The lowest BCUT2D eigenvalue weighted by atomic mass is 9.93. The van der Waals surface area contributed by atoms with Crippen molar-refractivity contribution >= 4 is 35.5 Å². The van der Waals surface area contributed by atoms with Gasteiger partial charge in [-0.1, -0.05) is 60.8 Å². The molecule has 0 radical (unpaired) electrons. The molecule has 0 aliphatic carbocycles. The number of carboxylic acids is 1. The van der Waals surface area contributed by atoms with Crippen LogP contribution in [-0.4, -0.2) is 65.0 Å². The van der Waals surface area contributed by atoms with Crippen molar-refractivity contribution in [1.29, 1.82) is 0 Å². The highest BCUT2D eigenvalue weighted by Crippen LogP contribution is 2.14.